The van der Waals surface area contributed by atoms with E-state index in [9.17, 15) is 14.4 Å². The first kappa shape index (κ1) is 15.0. The molecule has 8 heteroatoms. The van der Waals surface area contributed by atoms with Crippen molar-refractivity contribution in [2.24, 2.45) is 0 Å². The van der Waals surface area contributed by atoms with Gasteiger partial charge < -0.3 is 20.5 Å². The predicted octanol–water partition coefficient (Wildman–Crippen LogP) is -0.475. The molecule has 1 aliphatic heterocycles. The SMILES string of the molecule is CC(C)(C)OC(=O)C1(NCC(=O)O)C=CNC(=O)N1. The molecule has 106 valence electrons. The van der Waals surface area contributed by atoms with Gasteiger partial charge in [-0.05, 0) is 26.8 Å². The summed E-state index contributed by atoms with van der Waals surface area (Å²) >= 11 is 0. The van der Waals surface area contributed by atoms with E-state index in [1.807, 2.05) is 0 Å². The van der Waals surface area contributed by atoms with Crippen molar-refractivity contribution in [3.8, 4) is 0 Å². The van der Waals surface area contributed by atoms with Crippen molar-refractivity contribution in [1.29, 1.82) is 0 Å². The number of esters is 1. The Labute approximate surface area is 110 Å². The van der Waals surface area contributed by atoms with Gasteiger partial charge in [0.2, 0.25) is 5.66 Å². The lowest BCUT2D eigenvalue weighted by molar-refractivity contribution is -0.162. The van der Waals surface area contributed by atoms with Crippen molar-refractivity contribution in [2.45, 2.75) is 32.0 Å². The van der Waals surface area contributed by atoms with Crippen LogP contribution in [0, 0.1) is 0 Å². The van der Waals surface area contributed by atoms with Crippen molar-refractivity contribution >= 4 is 18.0 Å². The molecule has 0 aliphatic carbocycles. The Morgan fingerprint density at radius 2 is 2.11 bits per heavy atom. The van der Waals surface area contributed by atoms with E-state index >= 15 is 0 Å². The van der Waals surface area contributed by atoms with Crippen molar-refractivity contribution in [1.82, 2.24) is 16.0 Å². The fourth-order valence-corrected chi connectivity index (χ4v) is 1.37. The van der Waals surface area contributed by atoms with Crippen LogP contribution in [-0.2, 0) is 14.3 Å². The first-order valence-electron chi connectivity index (χ1n) is 5.61. The van der Waals surface area contributed by atoms with Crippen LogP contribution in [0.5, 0.6) is 0 Å². The van der Waals surface area contributed by atoms with Crippen molar-refractivity contribution in [2.75, 3.05) is 6.54 Å². The number of carbonyl (C=O) groups excluding carboxylic acids is 2. The molecule has 1 unspecified atom stereocenters. The zero-order chi connectivity index (χ0) is 14.7. The number of carbonyl (C=O) groups is 3. The van der Waals surface area contributed by atoms with E-state index in [0.717, 1.165) is 0 Å². The normalized spacial score (nSPS) is 22.4. The van der Waals surface area contributed by atoms with Crippen molar-refractivity contribution in [3.05, 3.63) is 12.3 Å². The van der Waals surface area contributed by atoms with Crippen LogP contribution in [-0.4, -0.2) is 40.9 Å². The molecular formula is C11H17N3O5. The van der Waals surface area contributed by atoms with Gasteiger partial charge in [-0.3, -0.25) is 10.1 Å². The molecule has 2 amide bonds. The summed E-state index contributed by atoms with van der Waals surface area (Å²) in [6.07, 6.45) is 2.54. The van der Waals surface area contributed by atoms with E-state index in [1.54, 1.807) is 20.8 Å². The van der Waals surface area contributed by atoms with Gasteiger partial charge in [0.15, 0.2) is 0 Å². The number of rotatable bonds is 4. The van der Waals surface area contributed by atoms with E-state index in [0.29, 0.717) is 0 Å². The average molecular weight is 271 g/mol. The quantitative estimate of drug-likeness (QED) is 0.513. The zero-order valence-corrected chi connectivity index (χ0v) is 10.9. The van der Waals surface area contributed by atoms with Crippen LogP contribution in [0.25, 0.3) is 0 Å². The maximum absolute atomic E-state index is 12.1. The summed E-state index contributed by atoms with van der Waals surface area (Å²) in [6.45, 7) is 4.50. The number of nitrogens with one attached hydrogen (secondary N) is 3. The molecule has 1 rings (SSSR count). The molecule has 4 N–H and O–H groups in total. The van der Waals surface area contributed by atoms with Crippen LogP contribution in [0.2, 0.25) is 0 Å². The fraction of sp³-hybridized carbons (Fsp3) is 0.545. The van der Waals surface area contributed by atoms with Gasteiger partial charge in [-0.15, -0.1) is 0 Å². The molecule has 19 heavy (non-hydrogen) atoms. The van der Waals surface area contributed by atoms with Crippen LogP contribution in [0.15, 0.2) is 12.3 Å². The van der Waals surface area contributed by atoms with Gasteiger partial charge >= 0.3 is 18.0 Å². The van der Waals surface area contributed by atoms with E-state index in [1.165, 1.54) is 12.3 Å². The Kier molecular flexibility index (Phi) is 4.15. The number of carboxylic acid groups (broad SMARTS) is 1. The lowest BCUT2D eigenvalue weighted by Gasteiger charge is -2.34. The molecule has 1 aliphatic rings. The largest absolute Gasteiger partial charge is 0.480 e. The van der Waals surface area contributed by atoms with Crippen LogP contribution >= 0.6 is 0 Å². The second-order valence-corrected chi connectivity index (χ2v) is 4.99. The van der Waals surface area contributed by atoms with E-state index < -0.39 is 35.8 Å². The molecule has 0 bridgehead atoms. The Hall–Kier alpha value is -2.09. The topological polar surface area (TPSA) is 117 Å². The molecule has 0 radical (unpaired) electrons. The molecule has 0 aromatic carbocycles. The summed E-state index contributed by atoms with van der Waals surface area (Å²) in [4.78, 5) is 34.1. The van der Waals surface area contributed by atoms with E-state index in [2.05, 4.69) is 16.0 Å². The Morgan fingerprint density at radius 1 is 1.47 bits per heavy atom. The third-order valence-corrected chi connectivity index (χ3v) is 2.10. The molecule has 0 aromatic rings. The van der Waals surface area contributed by atoms with Gasteiger partial charge in [-0.25, -0.2) is 9.59 Å². The molecule has 0 fully saturated rings. The van der Waals surface area contributed by atoms with Crippen LogP contribution in [0.1, 0.15) is 20.8 Å². The molecule has 0 aromatic heterocycles. The van der Waals surface area contributed by atoms with Crippen molar-refractivity contribution < 1.29 is 24.2 Å². The van der Waals surface area contributed by atoms with Gasteiger partial charge in [0.25, 0.3) is 0 Å². The smallest absolute Gasteiger partial charge is 0.352 e. The first-order valence-corrected chi connectivity index (χ1v) is 5.61. The van der Waals surface area contributed by atoms with Gasteiger partial charge in [0.05, 0.1) is 6.54 Å². The highest BCUT2D eigenvalue weighted by molar-refractivity contribution is 5.91. The van der Waals surface area contributed by atoms with Crippen LogP contribution in [0.4, 0.5) is 4.79 Å². The predicted molar refractivity (Wildman–Crippen MR) is 65.0 cm³/mol. The summed E-state index contributed by atoms with van der Waals surface area (Å²) < 4.78 is 5.17. The fourth-order valence-electron chi connectivity index (χ4n) is 1.37. The standard InChI is InChI=1S/C11H17N3O5/c1-10(2,3)19-8(17)11(13-6-7(15)16)4-5-12-9(18)14-11/h4-5,13H,6H2,1-3H3,(H,15,16)(H2,12,14,18). The van der Waals surface area contributed by atoms with Gasteiger partial charge in [0.1, 0.15) is 5.60 Å². The Morgan fingerprint density at radius 3 is 2.58 bits per heavy atom. The van der Waals surface area contributed by atoms with Gasteiger partial charge in [0, 0.05) is 6.20 Å². The molecule has 0 saturated heterocycles. The lowest BCUT2D eigenvalue weighted by Crippen LogP contribution is -2.68. The third kappa shape index (κ3) is 4.25. The number of carboxylic acids is 1. The highest BCUT2D eigenvalue weighted by Crippen LogP contribution is 2.15. The summed E-state index contributed by atoms with van der Waals surface area (Å²) in [6, 6.07) is -0.633. The summed E-state index contributed by atoms with van der Waals surface area (Å²) in [5, 5.41) is 15.8. The minimum atomic E-state index is -1.69. The number of amides is 2. The van der Waals surface area contributed by atoms with E-state index in [4.69, 9.17) is 9.84 Å². The molecule has 8 nitrogen and oxygen atoms in total. The number of hydrogen-bond acceptors (Lipinski definition) is 5. The molecule has 1 atom stereocenters. The van der Waals surface area contributed by atoms with E-state index in [-0.39, 0.29) is 0 Å². The Balaban J connectivity index is 2.95. The number of urea groups is 1. The number of ether oxygens (including phenoxy) is 1. The highest BCUT2D eigenvalue weighted by Gasteiger charge is 2.42. The minimum absolute atomic E-state index is 0.510. The van der Waals surface area contributed by atoms with Crippen LogP contribution in [0.3, 0.4) is 0 Å². The number of aliphatic carboxylic acids is 1. The molecule has 0 spiro atoms. The molecule has 1 heterocycles. The molecule has 0 saturated carbocycles. The first-order chi connectivity index (χ1) is 8.65. The second-order valence-electron chi connectivity index (χ2n) is 4.99. The maximum atomic E-state index is 12.1. The second kappa shape index (κ2) is 5.27. The minimum Gasteiger partial charge on any atom is -0.480 e. The van der Waals surface area contributed by atoms with Gasteiger partial charge in [-0.1, -0.05) is 0 Å². The summed E-state index contributed by atoms with van der Waals surface area (Å²) in [5.74, 6) is -1.95. The monoisotopic (exact) mass is 271 g/mol. The Bertz CT molecular complexity index is 427. The zero-order valence-electron chi connectivity index (χ0n) is 10.9. The van der Waals surface area contributed by atoms with Crippen LogP contribution < -0.4 is 16.0 Å². The van der Waals surface area contributed by atoms with Gasteiger partial charge in [-0.2, -0.15) is 0 Å². The highest BCUT2D eigenvalue weighted by atomic mass is 16.6. The lowest BCUT2D eigenvalue weighted by atomic mass is 10.1. The maximum Gasteiger partial charge on any atom is 0.352 e. The number of hydrogen-bond donors (Lipinski definition) is 4. The summed E-state index contributed by atoms with van der Waals surface area (Å²) in [5.41, 5.74) is -2.45. The average Bonchev–Trinajstić information content (AvgIpc) is 2.24. The molecular weight excluding hydrogens is 254 g/mol. The van der Waals surface area contributed by atoms with Crippen molar-refractivity contribution in [3.63, 3.8) is 0 Å². The third-order valence-electron chi connectivity index (χ3n) is 2.10. The summed E-state index contributed by atoms with van der Waals surface area (Å²) in [7, 11) is 0.